The number of fused-ring (bicyclic) bond motifs is 1. The fraction of sp³-hybridized carbons (Fsp3) is 0.333. The molecule has 0 aliphatic carbocycles. The first-order chi connectivity index (χ1) is 10.6. The van der Waals surface area contributed by atoms with Gasteiger partial charge >= 0.3 is 0 Å². The monoisotopic (exact) mass is 313 g/mol. The van der Waals surface area contributed by atoms with Crippen molar-refractivity contribution in [1.29, 1.82) is 0 Å². The topological polar surface area (TPSA) is 37.4 Å². The maximum Gasteiger partial charge on any atom is 0.156 e. The van der Waals surface area contributed by atoms with Crippen LogP contribution in [0.3, 0.4) is 0 Å². The molecule has 4 heteroatoms. The molecule has 0 unspecified atom stereocenters. The molecule has 0 spiro atoms. The third-order valence-corrected chi connectivity index (χ3v) is 7.42. The number of benzene rings is 2. The summed E-state index contributed by atoms with van der Waals surface area (Å²) < 4.78 is 24.5. The molecule has 2 aliphatic heterocycles. The molecule has 0 bridgehead atoms. The van der Waals surface area contributed by atoms with E-state index >= 15 is 0 Å². The smallest absolute Gasteiger partial charge is 0.156 e. The molecule has 2 aliphatic rings. The second-order valence-corrected chi connectivity index (χ2v) is 8.66. The van der Waals surface area contributed by atoms with Crippen molar-refractivity contribution in [2.24, 2.45) is 0 Å². The number of rotatable bonds is 3. The van der Waals surface area contributed by atoms with E-state index in [9.17, 15) is 8.42 Å². The van der Waals surface area contributed by atoms with Crippen molar-refractivity contribution >= 4 is 9.84 Å². The van der Waals surface area contributed by atoms with E-state index in [1.54, 1.807) is 0 Å². The summed E-state index contributed by atoms with van der Waals surface area (Å²) >= 11 is 0. The quantitative estimate of drug-likeness (QED) is 0.872. The highest BCUT2D eigenvalue weighted by Gasteiger charge is 2.63. The number of hydrogen-bond donors (Lipinski definition) is 0. The standard InChI is InChI=1S/C18H19NO2S/c20-22(21)14-18(16-9-5-2-6-10-16)13-19(12-17(18)22)11-15-7-3-1-4-8-15/h1-10,17H,11-14H2/t17-,18-/m0/s1. The Kier molecular flexibility index (Phi) is 3.13. The van der Waals surface area contributed by atoms with Gasteiger partial charge in [-0.3, -0.25) is 4.90 Å². The van der Waals surface area contributed by atoms with Gasteiger partial charge in [0.25, 0.3) is 0 Å². The molecule has 114 valence electrons. The van der Waals surface area contributed by atoms with Gasteiger partial charge < -0.3 is 0 Å². The van der Waals surface area contributed by atoms with E-state index in [1.807, 2.05) is 36.4 Å². The Morgan fingerprint density at radius 3 is 2.27 bits per heavy atom. The molecule has 0 aromatic heterocycles. The van der Waals surface area contributed by atoms with Crippen LogP contribution in [-0.2, 0) is 21.8 Å². The summed E-state index contributed by atoms with van der Waals surface area (Å²) in [5.74, 6) is 0.292. The predicted molar refractivity (Wildman–Crippen MR) is 87.4 cm³/mol. The molecular weight excluding hydrogens is 294 g/mol. The van der Waals surface area contributed by atoms with Gasteiger partial charge in [-0.15, -0.1) is 0 Å². The predicted octanol–water partition coefficient (Wildman–Crippen LogP) is 2.24. The largest absolute Gasteiger partial charge is 0.297 e. The van der Waals surface area contributed by atoms with Crippen LogP contribution < -0.4 is 0 Å². The van der Waals surface area contributed by atoms with E-state index in [1.165, 1.54) is 11.1 Å². The summed E-state index contributed by atoms with van der Waals surface area (Å²) in [6.45, 7) is 2.30. The third kappa shape index (κ3) is 2.09. The van der Waals surface area contributed by atoms with Gasteiger partial charge in [0.2, 0.25) is 0 Å². The van der Waals surface area contributed by atoms with Crippen LogP contribution in [0.25, 0.3) is 0 Å². The summed E-state index contributed by atoms with van der Waals surface area (Å²) in [5, 5.41) is -0.244. The maximum absolute atomic E-state index is 12.2. The SMILES string of the molecule is O=S1(=O)C[C@]2(c3ccccc3)CN(Cc3ccccc3)C[C@@H]21. The minimum Gasteiger partial charge on any atom is -0.297 e. The Bertz CT molecular complexity index is 773. The molecule has 2 aromatic rings. The van der Waals surface area contributed by atoms with Gasteiger partial charge in [0.15, 0.2) is 9.84 Å². The Morgan fingerprint density at radius 2 is 1.64 bits per heavy atom. The van der Waals surface area contributed by atoms with E-state index < -0.39 is 9.84 Å². The van der Waals surface area contributed by atoms with Crippen LogP contribution in [-0.4, -0.2) is 37.4 Å². The van der Waals surface area contributed by atoms with Gasteiger partial charge in [0.1, 0.15) is 0 Å². The molecule has 2 saturated heterocycles. The van der Waals surface area contributed by atoms with Crippen LogP contribution in [0.2, 0.25) is 0 Å². The molecule has 0 amide bonds. The van der Waals surface area contributed by atoms with Crippen LogP contribution in [0.15, 0.2) is 60.7 Å². The minimum atomic E-state index is -2.93. The molecule has 2 fully saturated rings. The van der Waals surface area contributed by atoms with Gasteiger partial charge in [-0.2, -0.15) is 0 Å². The Morgan fingerprint density at radius 1 is 1.00 bits per heavy atom. The van der Waals surface area contributed by atoms with E-state index in [-0.39, 0.29) is 10.7 Å². The van der Waals surface area contributed by atoms with Crippen molar-refractivity contribution in [2.45, 2.75) is 17.2 Å². The summed E-state index contributed by atoms with van der Waals surface area (Å²) in [6, 6.07) is 20.4. The second kappa shape index (κ2) is 4.93. The van der Waals surface area contributed by atoms with Crippen molar-refractivity contribution in [3.63, 3.8) is 0 Å². The van der Waals surface area contributed by atoms with Crippen molar-refractivity contribution in [3.8, 4) is 0 Å². The lowest BCUT2D eigenvalue weighted by atomic mass is 9.80. The van der Waals surface area contributed by atoms with Crippen LogP contribution in [0, 0.1) is 0 Å². The van der Waals surface area contributed by atoms with Crippen molar-refractivity contribution < 1.29 is 8.42 Å². The summed E-state index contributed by atoms with van der Waals surface area (Å²) in [6.07, 6.45) is 0. The third-order valence-electron chi connectivity index (χ3n) is 5.04. The van der Waals surface area contributed by atoms with Crippen LogP contribution in [0.1, 0.15) is 11.1 Å². The highest BCUT2D eigenvalue weighted by Crippen LogP contribution is 2.48. The molecule has 3 nitrogen and oxygen atoms in total. The first kappa shape index (κ1) is 14.0. The zero-order valence-electron chi connectivity index (χ0n) is 12.4. The lowest BCUT2D eigenvalue weighted by molar-refractivity contribution is 0.309. The Hall–Kier alpha value is -1.65. The maximum atomic E-state index is 12.2. The molecule has 0 N–H and O–H groups in total. The van der Waals surface area contributed by atoms with Gasteiger partial charge in [-0.25, -0.2) is 8.42 Å². The number of sulfone groups is 1. The van der Waals surface area contributed by atoms with E-state index in [0.717, 1.165) is 13.1 Å². The van der Waals surface area contributed by atoms with Gasteiger partial charge in [-0.05, 0) is 11.1 Å². The number of nitrogens with zero attached hydrogens (tertiary/aromatic N) is 1. The van der Waals surface area contributed by atoms with Crippen LogP contribution in [0.5, 0.6) is 0 Å². The van der Waals surface area contributed by atoms with E-state index in [4.69, 9.17) is 0 Å². The average molecular weight is 313 g/mol. The molecular formula is C18H19NO2S. The lowest BCUT2D eigenvalue weighted by Crippen LogP contribution is -2.59. The number of likely N-dealkylation sites (tertiary alicyclic amines) is 1. The average Bonchev–Trinajstić information content (AvgIpc) is 2.84. The van der Waals surface area contributed by atoms with Gasteiger partial charge in [0, 0.05) is 25.0 Å². The summed E-state index contributed by atoms with van der Waals surface area (Å²) in [7, 11) is -2.93. The molecule has 2 aromatic carbocycles. The molecule has 4 rings (SSSR count). The second-order valence-electron chi connectivity index (χ2n) is 6.47. The van der Waals surface area contributed by atoms with E-state index in [2.05, 4.69) is 29.2 Å². The van der Waals surface area contributed by atoms with Gasteiger partial charge in [-0.1, -0.05) is 60.7 Å². The highest BCUT2D eigenvalue weighted by atomic mass is 32.2. The first-order valence-corrected chi connectivity index (χ1v) is 9.35. The highest BCUT2D eigenvalue weighted by molar-refractivity contribution is 7.93. The molecule has 2 atom stereocenters. The fourth-order valence-electron chi connectivity index (χ4n) is 4.02. The summed E-state index contributed by atoms with van der Waals surface area (Å²) in [4.78, 5) is 2.29. The first-order valence-electron chi connectivity index (χ1n) is 7.64. The van der Waals surface area contributed by atoms with Crippen LogP contribution in [0.4, 0.5) is 0 Å². The Balaban J connectivity index is 1.63. The van der Waals surface area contributed by atoms with Gasteiger partial charge in [0.05, 0.1) is 11.0 Å². The minimum absolute atomic E-state index is 0.200. The van der Waals surface area contributed by atoms with E-state index in [0.29, 0.717) is 12.3 Å². The van der Waals surface area contributed by atoms with Crippen molar-refractivity contribution in [2.75, 3.05) is 18.8 Å². The lowest BCUT2D eigenvalue weighted by Gasteiger charge is -2.43. The molecule has 0 saturated carbocycles. The molecule has 0 radical (unpaired) electrons. The molecule has 22 heavy (non-hydrogen) atoms. The normalized spacial score (nSPS) is 29.7. The van der Waals surface area contributed by atoms with Crippen molar-refractivity contribution in [1.82, 2.24) is 4.90 Å². The van der Waals surface area contributed by atoms with Crippen LogP contribution >= 0.6 is 0 Å². The van der Waals surface area contributed by atoms with Crippen molar-refractivity contribution in [3.05, 3.63) is 71.8 Å². The summed E-state index contributed by atoms with van der Waals surface area (Å²) in [5.41, 5.74) is 2.21. The molecule has 2 heterocycles. The fourth-order valence-corrected chi connectivity index (χ4v) is 6.52. The number of hydrogen-bond acceptors (Lipinski definition) is 3. The zero-order chi connectivity index (χ0) is 15.2. The Labute approximate surface area is 131 Å². The zero-order valence-corrected chi connectivity index (χ0v) is 13.2.